The molecule has 2 aromatic heterocycles. The maximum atomic E-state index is 13.7. The van der Waals surface area contributed by atoms with Gasteiger partial charge in [-0.05, 0) is 43.7 Å². The van der Waals surface area contributed by atoms with Crippen molar-refractivity contribution in [2.24, 2.45) is 0 Å². The van der Waals surface area contributed by atoms with Gasteiger partial charge in [0.1, 0.15) is 23.3 Å². The zero-order valence-corrected chi connectivity index (χ0v) is 15.1. The number of hydrogen-bond acceptors (Lipinski definition) is 5. The van der Waals surface area contributed by atoms with E-state index in [0.29, 0.717) is 40.9 Å². The topological polar surface area (TPSA) is 81.6 Å². The Morgan fingerprint density at radius 1 is 1.04 bits per heavy atom. The molecule has 2 aromatic carbocycles. The summed E-state index contributed by atoms with van der Waals surface area (Å²) < 4.78 is 15.5. The summed E-state index contributed by atoms with van der Waals surface area (Å²) >= 11 is 0. The lowest BCUT2D eigenvalue weighted by molar-refractivity contribution is 0.629. The van der Waals surface area contributed by atoms with E-state index in [2.05, 4.69) is 20.3 Å². The van der Waals surface area contributed by atoms with Gasteiger partial charge in [-0.25, -0.2) is 19.3 Å². The third-order valence-corrected chi connectivity index (χ3v) is 4.26. The molecule has 0 saturated carbocycles. The number of nitrogens with two attached hydrogens (primary N) is 1. The fourth-order valence-corrected chi connectivity index (χ4v) is 3.09. The molecule has 136 valence electrons. The number of halogens is 1. The Morgan fingerprint density at radius 2 is 1.89 bits per heavy atom. The number of rotatable bonds is 4. The van der Waals surface area contributed by atoms with Gasteiger partial charge in [0.25, 0.3) is 0 Å². The molecule has 0 amide bonds. The summed E-state index contributed by atoms with van der Waals surface area (Å²) in [5.74, 6) is 1.83. The Labute approximate surface area is 155 Å². The SMILES string of the molecule is Cc1cccc(NCc2nc(N)cc(-n3c(C)nc4ccc(F)cc43)n2)c1. The molecule has 7 heteroatoms. The Hall–Kier alpha value is -3.48. The van der Waals surface area contributed by atoms with Gasteiger partial charge in [0.05, 0.1) is 17.6 Å². The number of nitrogens with one attached hydrogen (secondary N) is 1. The molecule has 0 spiro atoms. The van der Waals surface area contributed by atoms with Crippen molar-refractivity contribution in [1.82, 2.24) is 19.5 Å². The average Bonchev–Trinajstić information content (AvgIpc) is 2.94. The van der Waals surface area contributed by atoms with Crippen LogP contribution in [-0.2, 0) is 6.54 Å². The Morgan fingerprint density at radius 3 is 2.70 bits per heavy atom. The first-order valence-corrected chi connectivity index (χ1v) is 8.58. The van der Waals surface area contributed by atoms with Crippen LogP contribution in [-0.4, -0.2) is 19.5 Å². The van der Waals surface area contributed by atoms with Crippen molar-refractivity contribution >= 4 is 22.5 Å². The van der Waals surface area contributed by atoms with Crippen molar-refractivity contribution in [3.63, 3.8) is 0 Å². The minimum atomic E-state index is -0.327. The van der Waals surface area contributed by atoms with Crippen LogP contribution in [0.4, 0.5) is 15.9 Å². The lowest BCUT2D eigenvalue weighted by Gasteiger charge is -2.11. The van der Waals surface area contributed by atoms with Gasteiger partial charge in [-0.2, -0.15) is 0 Å². The van der Waals surface area contributed by atoms with Crippen molar-refractivity contribution in [2.75, 3.05) is 11.1 Å². The van der Waals surface area contributed by atoms with E-state index in [1.807, 2.05) is 38.1 Å². The molecule has 0 aliphatic heterocycles. The quantitative estimate of drug-likeness (QED) is 0.578. The molecule has 0 aliphatic carbocycles. The van der Waals surface area contributed by atoms with Gasteiger partial charge in [-0.1, -0.05) is 12.1 Å². The molecule has 0 radical (unpaired) electrons. The van der Waals surface area contributed by atoms with Gasteiger partial charge >= 0.3 is 0 Å². The van der Waals surface area contributed by atoms with Gasteiger partial charge < -0.3 is 11.1 Å². The van der Waals surface area contributed by atoms with Gasteiger partial charge in [0, 0.05) is 17.8 Å². The molecule has 27 heavy (non-hydrogen) atoms. The molecule has 3 N–H and O–H groups in total. The van der Waals surface area contributed by atoms with Crippen molar-refractivity contribution in [2.45, 2.75) is 20.4 Å². The van der Waals surface area contributed by atoms with Gasteiger partial charge in [-0.15, -0.1) is 0 Å². The monoisotopic (exact) mass is 362 g/mol. The first-order valence-electron chi connectivity index (χ1n) is 8.58. The van der Waals surface area contributed by atoms with Crippen LogP contribution >= 0.6 is 0 Å². The molecular formula is C20H19FN6. The van der Waals surface area contributed by atoms with Gasteiger partial charge in [0.2, 0.25) is 0 Å². The summed E-state index contributed by atoms with van der Waals surface area (Å²) in [6.45, 7) is 4.30. The highest BCUT2D eigenvalue weighted by Gasteiger charge is 2.13. The number of anilines is 2. The van der Waals surface area contributed by atoms with Crippen molar-refractivity contribution in [1.29, 1.82) is 0 Å². The molecule has 0 saturated heterocycles. The molecule has 0 fully saturated rings. The summed E-state index contributed by atoms with van der Waals surface area (Å²) in [5.41, 5.74) is 9.48. The molecular weight excluding hydrogens is 343 g/mol. The zero-order chi connectivity index (χ0) is 19.0. The van der Waals surface area contributed by atoms with Crippen LogP contribution in [0, 0.1) is 19.7 Å². The smallest absolute Gasteiger partial charge is 0.152 e. The molecule has 2 heterocycles. The zero-order valence-electron chi connectivity index (χ0n) is 15.1. The minimum absolute atomic E-state index is 0.327. The summed E-state index contributed by atoms with van der Waals surface area (Å²) in [6, 6.07) is 14.2. The third-order valence-electron chi connectivity index (χ3n) is 4.26. The molecule has 4 aromatic rings. The highest BCUT2D eigenvalue weighted by atomic mass is 19.1. The first kappa shape index (κ1) is 17.0. The summed E-state index contributed by atoms with van der Waals surface area (Å²) in [6.07, 6.45) is 0. The van der Waals surface area contributed by atoms with Crippen molar-refractivity contribution in [3.05, 3.63) is 71.6 Å². The Kier molecular flexibility index (Phi) is 4.19. The highest BCUT2D eigenvalue weighted by molar-refractivity contribution is 5.78. The Balaban J connectivity index is 1.71. The molecule has 4 rings (SSSR count). The number of fused-ring (bicyclic) bond motifs is 1. The van der Waals surface area contributed by atoms with Crippen molar-refractivity contribution < 1.29 is 4.39 Å². The molecule has 0 atom stereocenters. The second-order valence-electron chi connectivity index (χ2n) is 6.42. The van der Waals surface area contributed by atoms with E-state index in [1.165, 1.54) is 12.1 Å². The van der Waals surface area contributed by atoms with E-state index < -0.39 is 0 Å². The van der Waals surface area contributed by atoms with Crippen LogP contribution < -0.4 is 11.1 Å². The van der Waals surface area contributed by atoms with Gasteiger partial charge in [0.15, 0.2) is 5.82 Å². The lowest BCUT2D eigenvalue weighted by Crippen LogP contribution is -2.10. The van der Waals surface area contributed by atoms with E-state index in [-0.39, 0.29) is 5.82 Å². The number of nitrogen functional groups attached to an aromatic ring is 1. The first-order chi connectivity index (χ1) is 13.0. The predicted molar refractivity (Wildman–Crippen MR) is 104 cm³/mol. The molecule has 0 aliphatic rings. The van der Waals surface area contributed by atoms with E-state index in [0.717, 1.165) is 11.3 Å². The largest absolute Gasteiger partial charge is 0.384 e. The van der Waals surface area contributed by atoms with E-state index in [9.17, 15) is 4.39 Å². The van der Waals surface area contributed by atoms with E-state index in [4.69, 9.17) is 5.73 Å². The molecule has 6 nitrogen and oxygen atoms in total. The summed E-state index contributed by atoms with van der Waals surface area (Å²) in [5, 5.41) is 3.30. The highest BCUT2D eigenvalue weighted by Crippen LogP contribution is 2.22. The van der Waals surface area contributed by atoms with Gasteiger partial charge in [-0.3, -0.25) is 4.57 Å². The van der Waals surface area contributed by atoms with Crippen LogP contribution in [0.2, 0.25) is 0 Å². The minimum Gasteiger partial charge on any atom is -0.384 e. The average molecular weight is 362 g/mol. The second-order valence-corrected chi connectivity index (χ2v) is 6.42. The fourth-order valence-electron chi connectivity index (χ4n) is 3.09. The molecule has 0 bridgehead atoms. The van der Waals surface area contributed by atoms with Crippen molar-refractivity contribution in [3.8, 4) is 5.82 Å². The maximum absolute atomic E-state index is 13.7. The van der Waals surface area contributed by atoms with Crippen LogP contribution in [0.5, 0.6) is 0 Å². The van der Waals surface area contributed by atoms with Crippen LogP contribution in [0.1, 0.15) is 17.2 Å². The van der Waals surface area contributed by atoms with E-state index >= 15 is 0 Å². The summed E-state index contributed by atoms with van der Waals surface area (Å²) in [4.78, 5) is 13.4. The lowest BCUT2D eigenvalue weighted by atomic mass is 10.2. The van der Waals surface area contributed by atoms with Crippen LogP contribution in [0.25, 0.3) is 16.9 Å². The number of imidazole rings is 1. The number of nitrogens with zero attached hydrogens (tertiary/aromatic N) is 4. The number of aryl methyl sites for hydroxylation is 2. The standard InChI is InChI=1S/C20H19FN6/c1-12-4-3-5-15(8-12)23-11-19-25-18(22)10-20(26-19)27-13(2)24-16-7-6-14(21)9-17(16)27/h3-10,23H,11H2,1-2H3,(H2,22,25,26). The predicted octanol–water partition coefficient (Wildman–Crippen LogP) is 3.77. The molecule has 0 unspecified atom stereocenters. The number of hydrogen-bond donors (Lipinski definition) is 2. The third kappa shape index (κ3) is 3.44. The van der Waals surface area contributed by atoms with Crippen LogP contribution in [0.15, 0.2) is 48.5 Å². The van der Waals surface area contributed by atoms with E-state index in [1.54, 1.807) is 16.7 Å². The Bertz CT molecular complexity index is 1130. The second kappa shape index (κ2) is 6.68. The number of aromatic nitrogens is 4. The fraction of sp³-hybridized carbons (Fsp3) is 0.150. The van der Waals surface area contributed by atoms with Crippen LogP contribution in [0.3, 0.4) is 0 Å². The maximum Gasteiger partial charge on any atom is 0.152 e. The number of benzene rings is 2. The normalized spacial score (nSPS) is 11.1. The summed E-state index contributed by atoms with van der Waals surface area (Å²) in [7, 11) is 0.